The van der Waals surface area contributed by atoms with E-state index in [2.05, 4.69) is 9.97 Å². The number of hydrogen-bond donors (Lipinski definition) is 1. The summed E-state index contributed by atoms with van der Waals surface area (Å²) in [7, 11) is 0. The van der Waals surface area contributed by atoms with E-state index < -0.39 is 0 Å². The van der Waals surface area contributed by atoms with Crippen molar-refractivity contribution in [1.82, 2.24) is 14.9 Å². The van der Waals surface area contributed by atoms with Gasteiger partial charge in [-0.3, -0.25) is 0 Å². The van der Waals surface area contributed by atoms with Crippen molar-refractivity contribution >= 4 is 17.1 Å². The number of carbonyl (C=O) groups is 1. The van der Waals surface area contributed by atoms with Gasteiger partial charge in [0.05, 0.1) is 11.0 Å². The Balaban J connectivity index is 1.41. The zero-order valence-electron chi connectivity index (χ0n) is 14.0. The van der Waals surface area contributed by atoms with Gasteiger partial charge in [0.2, 0.25) is 0 Å². The average molecular weight is 335 g/mol. The van der Waals surface area contributed by atoms with Crippen LogP contribution in [0.1, 0.15) is 30.1 Å². The minimum atomic E-state index is -0.246. The largest absolute Gasteiger partial charge is 0.445 e. The predicted octanol–water partition coefficient (Wildman–Crippen LogP) is 4.08. The zero-order valence-corrected chi connectivity index (χ0v) is 14.0. The van der Waals surface area contributed by atoms with Gasteiger partial charge in [-0.2, -0.15) is 0 Å². The van der Waals surface area contributed by atoms with Gasteiger partial charge in [-0.25, -0.2) is 9.78 Å². The molecule has 1 saturated heterocycles. The van der Waals surface area contributed by atoms with Gasteiger partial charge in [0.1, 0.15) is 12.4 Å². The second-order valence-corrected chi connectivity index (χ2v) is 6.46. The first-order valence-corrected chi connectivity index (χ1v) is 8.70. The van der Waals surface area contributed by atoms with Crippen LogP contribution in [0.15, 0.2) is 54.6 Å². The lowest BCUT2D eigenvalue weighted by Crippen LogP contribution is -2.39. The molecule has 1 N–H and O–H groups in total. The molecule has 25 heavy (non-hydrogen) atoms. The highest BCUT2D eigenvalue weighted by Crippen LogP contribution is 2.27. The van der Waals surface area contributed by atoms with Crippen LogP contribution in [0.2, 0.25) is 0 Å². The predicted molar refractivity (Wildman–Crippen MR) is 96.3 cm³/mol. The maximum absolute atomic E-state index is 12.4. The topological polar surface area (TPSA) is 58.2 Å². The number of amides is 1. The molecule has 1 unspecified atom stereocenters. The molecule has 0 radical (unpaired) electrons. The van der Waals surface area contributed by atoms with Crippen LogP contribution in [0.4, 0.5) is 4.79 Å². The second kappa shape index (κ2) is 6.97. The molecule has 0 aliphatic carbocycles. The van der Waals surface area contributed by atoms with E-state index in [4.69, 9.17) is 4.74 Å². The molecule has 1 aliphatic heterocycles. The van der Waals surface area contributed by atoms with Crippen molar-refractivity contribution < 1.29 is 9.53 Å². The van der Waals surface area contributed by atoms with E-state index in [-0.39, 0.29) is 12.0 Å². The van der Waals surface area contributed by atoms with Crippen LogP contribution in [-0.4, -0.2) is 34.1 Å². The summed E-state index contributed by atoms with van der Waals surface area (Å²) in [6, 6.07) is 17.8. The number of para-hydroxylation sites is 2. The summed E-state index contributed by atoms with van der Waals surface area (Å²) >= 11 is 0. The van der Waals surface area contributed by atoms with E-state index in [9.17, 15) is 4.79 Å². The molecule has 0 spiro atoms. The highest BCUT2D eigenvalue weighted by atomic mass is 16.6. The number of imidazole rings is 1. The third-order valence-electron chi connectivity index (χ3n) is 4.68. The molecule has 0 bridgehead atoms. The first-order chi connectivity index (χ1) is 12.3. The Kier molecular flexibility index (Phi) is 4.37. The highest BCUT2D eigenvalue weighted by molar-refractivity contribution is 5.75. The number of rotatable bonds is 3. The number of ether oxygens (including phenoxy) is 1. The maximum atomic E-state index is 12.4. The fourth-order valence-corrected chi connectivity index (χ4v) is 3.34. The lowest BCUT2D eigenvalue weighted by atomic mass is 9.98. The van der Waals surface area contributed by atoms with E-state index in [1.165, 1.54) is 0 Å². The van der Waals surface area contributed by atoms with E-state index >= 15 is 0 Å². The second-order valence-electron chi connectivity index (χ2n) is 6.46. The number of benzene rings is 2. The quantitative estimate of drug-likeness (QED) is 0.784. The Hall–Kier alpha value is -2.82. The van der Waals surface area contributed by atoms with Crippen molar-refractivity contribution in [3.8, 4) is 0 Å². The van der Waals surface area contributed by atoms with E-state index in [0.717, 1.165) is 41.8 Å². The van der Waals surface area contributed by atoms with Gasteiger partial charge in [-0.1, -0.05) is 42.5 Å². The van der Waals surface area contributed by atoms with Crippen LogP contribution < -0.4 is 0 Å². The zero-order chi connectivity index (χ0) is 17.1. The van der Waals surface area contributed by atoms with Crippen LogP contribution in [0.3, 0.4) is 0 Å². The molecule has 2 aromatic carbocycles. The number of fused-ring (bicyclic) bond motifs is 1. The molecule has 128 valence electrons. The maximum Gasteiger partial charge on any atom is 0.410 e. The van der Waals surface area contributed by atoms with Crippen molar-refractivity contribution in [3.63, 3.8) is 0 Å². The SMILES string of the molecule is O=C(OCc1ccccc1)N1CCCC(c2nc3ccccc3[nH]2)C1. The Morgan fingerprint density at radius 3 is 2.80 bits per heavy atom. The van der Waals surface area contributed by atoms with E-state index in [0.29, 0.717) is 13.2 Å². The van der Waals surface area contributed by atoms with Gasteiger partial charge in [-0.05, 0) is 30.5 Å². The summed E-state index contributed by atoms with van der Waals surface area (Å²) < 4.78 is 5.47. The summed E-state index contributed by atoms with van der Waals surface area (Å²) in [4.78, 5) is 22.3. The third-order valence-corrected chi connectivity index (χ3v) is 4.68. The molecular formula is C20H21N3O2. The molecule has 3 aromatic rings. The van der Waals surface area contributed by atoms with Crippen molar-refractivity contribution in [2.24, 2.45) is 0 Å². The van der Waals surface area contributed by atoms with Crippen molar-refractivity contribution in [2.75, 3.05) is 13.1 Å². The van der Waals surface area contributed by atoms with Crippen LogP contribution in [-0.2, 0) is 11.3 Å². The van der Waals surface area contributed by atoms with Crippen LogP contribution in [0.5, 0.6) is 0 Å². The van der Waals surface area contributed by atoms with Crippen molar-refractivity contribution in [1.29, 1.82) is 0 Å². The number of aromatic nitrogens is 2. The standard InChI is InChI=1S/C20H21N3O2/c24-20(25-14-15-7-2-1-3-8-15)23-12-6-9-16(13-23)19-21-17-10-4-5-11-18(17)22-19/h1-5,7-8,10-11,16H,6,9,12-14H2,(H,21,22). The fraction of sp³-hybridized carbons (Fsp3) is 0.300. The number of H-pyrrole nitrogens is 1. The van der Waals surface area contributed by atoms with E-state index in [1.807, 2.05) is 54.6 Å². The van der Waals surface area contributed by atoms with Crippen LogP contribution in [0.25, 0.3) is 11.0 Å². The fourth-order valence-electron chi connectivity index (χ4n) is 3.34. The lowest BCUT2D eigenvalue weighted by molar-refractivity contribution is 0.0854. The molecule has 1 atom stereocenters. The number of carbonyl (C=O) groups excluding carboxylic acids is 1. The van der Waals surface area contributed by atoms with E-state index in [1.54, 1.807) is 4.90 Å². The Labute approximate surface area is 146 Å². The highest BCUT2D eigenvalue weighted by Gasteiger charge is 2.27. The van der Waals surface area contributed by atoms with Crippen LogP contribution in [0, 0.1) is 0 Å². The Morgan fingerprint density at radius 1 is 1.16 bits per heavy atom. The smallest absolute Gasteiger partial charge is 0.410 e. The van der Waals surface area contributed by atoms with Gasteiger partial charge >= 0.3 is 6.09 Å². The molecule has 1 aliphatic rings. The number of likely N-dealkylation sites (tertiary alicyclic amines) is 1. The minimum Gasteiger partial charge on any atom is -0.445 e. The molecule has 5 heteroatoms. The minimum absolute atomic E-state index is 0.227. The number of aromatic amines is 1. The monoisotopic (exact) mass is 335 g/mol. The van der Waals surface area contributed by atoms with Crippen molar-refractivity contribution in [3.05, 3.63) is 66.0 Å². The number of nitrogens with zero attached hydrogens (tertiary/aromatic N) is 2. The molecule has 5 nitrogen and oxygen atoms in total. The van der Waals surface area contributed by atoms with Gasteiger partial charge in [0, 0.05) is 19.0 Å². The summed E-state index contributed by atoms with van der Waals surface area (Å²) in [6.07, 6.45) is 1.74. The summed E-state index contributed by atoms with van der Waals surface area (Å²) in [5.41, 5.74) is 3.02. The van der Waals surface area contributed by atoms with Gasteiger partial charge in [-0.15, -0.1) is 0 Å². The molecule has 4 rings (SSSR count). The summed E-state index contributed by atoms with van der Waals surface area (Å²) in [6.45, 7) is 1.70. The van der Waals surface area contributed by atoms with Crippen LogP contribution >= 0.6 is 0 Å². The molecular weight excluding hydrogens is 314 g/mol. The van der Waals surface area contributed by atoms with Gasteiger partial charge < -0.3 is 14.6 Å². The molecule has 1 fully saturated rings. The normalized spacial score (nSPS) is 17.6. The Bertz CT molecular complexity index is 827. The first kappa shape index (κ1) is 15.7. The third kappa shape index (κ3) is 3.50. The molecule has 2 heterocycles. The summed E-state index contributed by atoms with van der Waals surface area (Å²) in [5.74, 6) is 1.19. The van der Waals surface area contributed by atoms with Crippen molar-refractivity contribution in [2.45, 2.75) is 25.4 Å². The number of nitrogens with one attached hydrogen (secondary N) is 1. The van der Waals surface area contributed by atoms with Gasteiger partial charge in [0.25, 0.3) is 0 Å². The molecule has 0 saturated carbocycles. The Morgan fingerprint density at radius 2 is 1.96 bits per heavy atom. The number of hydrogen-bond acceptors (Lipinski definition) is 3. The summed E-state index contributed by atoms with van der Waals surface area (Å²) in [5, 5.41) is 0. The average Bonchev–Trinajstić information content (AvgIpc) is 3.11. The number of piperidine rings is 1. The van der Waals surface area contributed by atoms with Gasteiger partial charge in [0.15, 0.2) is 0 Å². The molecule has 1 aromatic heterocycles. The molecule has 1 amide bonds. The lowest BCUT2D eigenvalue weighted by Gasteiger charge is -2.31. The first-order valence-electron chi connectivity index (χ1n) is 8.70.